The number of fused-ring (bicyclic) bond motifs is 8. The fourth-order valence-electron chi connectivity index (χ4n) is 8.50. The van der Waals surface area contributed by atoms with Gasteiger partial charge in [-0.05, 0) is 106 Å². The molecule has 8 aromatic rings. The first-order valence-corrected chi connectivity index (χ1v) is 17.9. The predicted molar refractivity (Wildman–Crippen MR) is 214 cm³/mol. The lowest BCUT2D eigenvalue weighted by atomic mass is 9.60. The van der Waals surface area contributed by atoms with E-state index < -0.39 is 5.41 Å². The SMILES string of the molecule is Cc1ccccc1-c1ccc2c(c1)C1(c3ccccc3Oc3ccccc31)c1cc(-c3ccccc3)ccc1N2c1ccc(-c2ccccc2)cc1. The molecule has 0 saturated heterocycles. The minimum absolute atomic E-state index is 0.667. The van der Waals surface area contributed by atoms with Crippen LogP contribution in [0.15, 0.2) is 194 Å². The maximum absolute atomic E-state index is 6.74. The number of aryl methyl sites for hydroxylation is 1. The first-order chi connectivity index (χ1) is 25.7. The lowest BCUT2D eigenvalue weighted by Crippen LogP contribution is -2.39. The lowest BCUT2D eigenvalue weighted by molar-refractivity contribution is 0.434. The Bertz CT molecular complexity index is 2560. The highest BCUT2D eigenvalue weighted by Gasteiger charge is 2.51. The van der Waals surface area contributed by atoms with Gasteiger partial charge in [0.05, 0.1) is 16.8 Å². The van der Waals surface area contributed by atoms with E-state index in [1.165, 1.54) is 50.1 Å². The van der Waals surface area contributed by atoms with Gasteiger partial charge in [-0.3, -0.25) is 0 Å². The number of benzene rings is 8. The molecule has 2 heteroatoms. The molecule has 0 unspecified atom stereocenters. The molecule has 0 atom stereocenters. The summed E-state index contributed by atoms with van der Waals surface area (Å²) < 4.78 is 6.74. The normalized spacial score (nSPS) is 13.4. The van der Waals surface area contributed by atoms with E-state index in [9.17, 15) is 0 Å². The second kappa shape index (κ2) is 12.0. The van der Waals surface area contributed by atoms with Gasteiger partial charge < -0.3 is 9.64 Å². The Kier molecular flexibility index (Phi) is 6.97. The summed E-state index contributed by atoms with van der Waals surface area (Å²) in [7, 11) is 0. The van der Waals surface area contributed by atoms with Crippen LogP contribution in [0.25, 0.3) is 33.4 Å². The molecule has 0 aliphatic carbocycles. The van der Waals surface area contributed by atoms with Crippen LogP contribution in [0.1, 0.15) is 27.8 Å². The summed E-state index contributed by atoms with van der Waals surface area (Å²) >= 11 is 0. The number of rotatable bonds is 4. The summed E-state index contributed by atoms with van der Waals surface area (Å²) in [6, 6.07) is 70.3. The molecule has 0 bridgehead atoms. The molecule has 2 aliphatic rings. The summed E-state index contributed by atoms with van der Waals surface area (Å²) in [5, 5.41) is 0. The Hall–Kier alpha value is -6.64. The Morgan fingerprint density at radius 1 is 0.385 bits per heavy atom. The summed E-state index contributed by atoms with van der Waals surface area (Å²) in [5.41, 5.74) is 15.9. The zero-order valence-corrected chi connectivity index (χ0v) is 28.8. The molecule has 52 heavy (non-hydrogen) atoms. The fraction of sp³-hybridized carbons (Fsp3) is 0.0400. The number of anilines is 3. The quantitative estimate of drug-likeness (QED) is 0.185. The third kappa shape index (κ3) is 4.58. The smallest absolute Gasteiger partial charge is 0.132 e. The van der Waals surface area contributed by atoms with Gasteiger partial charge in [0.1, 0.15) is 11.5 Å². The van der Waals surface area contributed by atoms with Crippen molar-refractivity contribution in [3.63, 3.8) is 0 Å². The van der Waals surface area contributed by atoms with Crippen molar-refractivity contribution in [3.05, 3.63) is 222 Å². The number of para-hydroxylation sites is 2. The molecule has 2 heterocycles. The molecule has 10 rings (SSSR count). The van der Waals surface area contributed by atoms with Gasteiger partial charge in [0, 0.05) is 16.8 Å². The van der Waals surface area contributed by atoms with Crippen LogP contribution in [0, 0.1) is 6.92 Å². The molecule has 2 aliphatic heterocycles. The third-order valence-corrected chi connectivity index (χ3v) is 10.9. The number of hydrogen-bond acceptors (Lipinski definition) is 2. The monoisotopic (exact) mass is 665 g/mol. The Morgan fingerprint density at radius 2 is 0.846 bits per heavy atom. The average Bonchev–Trinajstić information content (AvgIpc) is 3.21. The van der Waals surface area contributed by atoms with E-state index in [-0.39, 0.29) is 0 Å². The number of hydrogen-bond donors (Lipinski definition) is 0. The highest BCUT2D eigenvalue weighted by molar-refractivity contribution is 5.94. The largest absolute Gasteiger partial charge is 0.457 e. The molecule has 0 saturated carbocycles. The molecule has 0 fully saturated rings. The van der Waals surface area contributed by atoms with Gasteiger partial charge in [-0.15, -0.1) is 0 Å². The van der Waals surface area contributed by atoms with E-state index in [4.69, 9.17) is 4.74 Å². The molecule has 2 nitrogen and oxygen atoms in total. The van der Waals surface area contributed by atoms with Crippen LogP contribution in [0.4, 0.5) is 17.1 Å². The van der Waals surface area contributed by atoms with Crippen LogP contribution in [-0.2, 0) is 5.41 Å². The van der Waals surface area contributed by atoms with E-state index >= 15 is 0 Å². The van der Waals surface area contributed by atoms with E-state index in [1.807, 2.05) is 0 Å². The van der Waals surface area contributed by atoms with E-state index in [0.717, 1.165) is 39.7 Å². The van der Waals surface area contributed by atoms with Crippen LogP contribution in [0.5, 0.6) is 11.5 Å². The van der Waals surface area contributed by atoms with Gasteiger partial charge in [-0.1, -0.05) is 146 Å². The zero-order valence-electron chi connectivity index (χ0n) is 28.8. The highest BCUT2D eigenvalue weighted by atomic mass is 16.5. The van der Waals surface area contributed by atoms with Crippen molar-refractivity contribution < 1.29 is 4.74 Å². The summed E-state index contributed by atoms with van der Waals surface area (Å²) in [6.45, 7) is 2.20. The van der Waals surface area contributed by atoms with Gasteiger partial charge in [-0.2, -0.15) is 0 Å². The molecule has 0 amide bonds. The third-order valence-electron chi connectivity index (χ3n) is 10.9. The van der Waals surface area contributed by atoms with Crippen LogP contribution >= 0.6 is 0 Å². The van der Waals surface area contributed by atoms with Crippen molar-refractivity contribution in [3.8, 4) is 44.9 Å². The van der Waals surface area contributed by atoms with Gasteiger partial charge in [0.25, 0.3) is 0 Å². The second-order valence-electron chi connectivity index (χ2n) is 13.7. The van der Waals surface area contributed by atoms with Gasteiger partial charge in [-0.25, -0.2) is 0 Å². The van der Waals surface area contributed by atoms with Gasteiger partial charge in [0.2, 0.25) is 0 Å². The minimum atomic E-state index is -0.667. The molecular formula is C50H35NO. The average molecular weight is 666 g/mol. The van der Waals surface area contributed by atoms with E-state index in [0.29, 0.717) is 0 Å². The molecule has 0 N–H and O–H groups in total. The second-order valence-corrected chi connectivity index (χ2v) is 13.7. The van der Waals surface area contributed by atoms with Crippen molar-refractivity contribution in [2.45, 2.75) is 12.3 Å². The van der Waals surface area contributed by atoms with Crippen LogP contribution in [0.2, 0.25) is 0 Å². The van der Waals surface area contributed by atoms with Crippen molar-refractivity contribution in [1.29, 1.82) is 0 Å². The van der Waals surface area contributed by atoms with Gasteiger partial charge >= 0.3 is 0 Å². The summed E-state index contributed by atoms with van der Waals surface area (Å²) in [4.78, 5) is 2.46. The molecule has 8 aromatic carbocycles. The van der Waals surface area contributed by atoms with Crippen LogP contribution in [-0.4, -0.2) is 0 Å². The van der Waals surface area contributed by atoms with Crippen LogP contribution < -0.4 is 9.64 Å². The van der Waals surface area contributed by atoms with Crippen molar-refractivity contribution in [2.75, 3.05) is 4.90 Å². The fourth-order valence-corrected chi connectivity index (χ4v) is 8.50. The molecule has 0 aromatic heterocycles. The predicted octanol–water partition coefficient (Wildman–Crippen LogP) is 13.3. The topological polar surface area (TPSA) is 12.5 Å². The minimum Gasteiger partial charge on any atom is -0.457 e. The first-order valence-electron chi connectivity index (χ1n) is 17.9. The number of nitrogens with zero attached hydrogens (tertiary/aromatic N) is 1. The zero-order chi connectivity index (χ0) is 34.6. The first kappa shape index (κ1) is 30.2. The van der Waals surface area contributed by atoms with E-state index in [2.05, 4.69) is 206 Å². The molecular weight excluding hydrogens is 631 g/mol. The van der Waals surface area contributed by atoms with Crippen molar-refractivity contribution >= 4 is 17.1 Å². The van der Waals surface area contributed by atoms with Crippen LogP contribution in [0.3, 0.4) is 0 Å². The maximum atomic E-state index is 6.74. The van der Waals surface area contributed by atoms with Gasteiger partial charge in [0.15, 0.2) is 0 Å². The molecule has 0 radical (unpaired) electrons. The Labute approximate surface area is 304 Å². The molecule has 246 valence electrons. The molecule has 1 spiro atoms. The lowest BCUT2D eigenvalue weighted by Gasteiger charge is -2.49. The summed E-state index contributed by atoms with van der Waals surface area (Å²) in [6.07, 6.45) is 0. The van der Waals surface area contributed by atoms with Crippen molar-refractivity contribution in [2.24, 2.45) is 0 Å². The summed E-state index contributed by atoms with van der Waals surface area (Å²) in [5.74, 6) is 1.76. The Balaban J connectivity index is 1.32. The standard InChI is InChI=1S/C50H35NO/c1-34-14-8-9-19-41(34)39-27-31-47-45(33-39)50(42-20-10-12-22-48(42)52-49-23-13-11-21-43(49)50)44-32-38(36-17-6-3-7-18-36)26-30-46(44)51(47)40-28-24-37(25-29-40)35-15-4-2-5-16-35/h2-33H,1H3. The maximum Gasteiger partial charge on any atom is 0.132 e. The highest BCUT2D eigenvalue weighted by Crippen LogP contribution is 2.63. The van der Waals surface area contributed by atoms with Crippen molar-refractivity contribution in [1.82, 2.24) is 0 Å². The van der Waals surface area contributed by atoms with E-state index in [1.54, 1.807) is 0 Å². The number of ether oxygens (including phenoxy) is 1. The Morgan fingerprint density at radius 3 is 1.46 bits per heavy atom.